The van der Waals surface area contributed by atoms with Gasteiger partial charge in [0, 0.05) is 5.57 Å². The lowest BCUT2D eigenvalue weighted by Crippen LogP contribution is -2.32. The Hall–Kier alpha value is -3.15. The molecule has 2 N–H and O–H groups in total. The summed E-state index contributed by atoms with van der Waals surface area (Å²) in [5.74, 6) is 0.00276. The van der Waals surface area contributed by atoms with Gasteiger partial charge in [-0.3, -0.25) is 0 Å². The molecule has 5 heteroatoms. The van der Waals surface area contributed by atoms with Crippen molar-refractivity contribution < 1.29 is 24.5 Å². The zero-order valence-electron chi connectivity index (χ0n) is 18.3. The molecule has 0 spiro atoms. The third-order valence-electron chi connectivity index (χ3n) is 5.02. The number of esters is 1. The van der Waals surface area contributed by atoms with Crippen LogP contribution < -0.4 is 4.74 Å². The van der Waals surface area contributed by atoms with Gasteiger partial charge >= 0.3 is 5.97 Å². The van der Waals surface area contributed by atoms with Gasteiger partial charge in [0.15, 0.2) is 6.10 Å². The molecule has 3 aromatic rings. The van der Waals surface area contributed by atoms with Crippen molar-refractivity contribution in [2.45, 2.75) is 45.7 Å². The zero-order chi connectivity index (χ0) is 22.9. The van der Waals surface area contributed by atoms with Gasteiger partial charge in [0.25, 0.3) is 0 Å². The fourth-order valence-corrected chi connectivity index (χ4v) is 3.36. The van der Waals surface area contributed by atoms with Crippen LogP contribution in [0.25, 0.3) is 21.5 Å². The molecule has 0 amide bonds. The molecule has 0 radical (unpaired) electrons. The molecule has 3 aromatic carbocycles. The van der Waals surface area contributed by atoms with Crippen LogP contribution in [-0.2, 0) is 9.53 Å². The zero-order valence-corrected chi connectivity index (χ0v) is 18.3. The van der Waals surface area contributed by atoms with Crippen molar-refractivity contribution >= 4 is 27.5 Å². The van der Waals surface area contributed by atoms with E-state index < -0.39 is 24.0 Å². The van der Waals surface area contributed by atoms with E-state index in [4.69, 9.17) is 9.47 Å². The van der Waals surface area contributed by atoms with Crippen LogP contribution in [-0.4, -0.2) is 28.1 Å². The van der Waals surface area contributed by atoms with Crippen molar-refractivity contribution in [2.75, 3.05) is 0 Å². The van der Waals surface area contributed by atoms with E-state index in [1.807, 2.05) is 42.5 Å². The molecule has 0 aliphatic rings. The minimum absolute atomic E-state index is 0.274. The van der Waals surface area contributed by atoms with Crippen LogP contribution in [0.1, 0.15) is 39.4 Å². The SMILES string of the molecule is C=C(C)C(=O)OC(c1ccc2c(ccc3cc(OC(O)C(=C)C)ccc32)c1)C(C)(C)O. The maximum atomic E-state index is 12.1. The van der Waals surface area contributed by atoms with E-state index >= 15 is 0 Å². The highest BCUT2D eigenvalue weighted by Crippen LogP contribution is 2.35. The van der Waals surface area contributed by atoms with Crippen LogP contribution in [0.15, 0.2) is 72.8 Å². The fourth-order valence-electron chi connectivity index (χ4n) is 3.36. The van der Waals surface area contributed by atoms with Crippen molar-refractivity contribution in [3.8, 4) is 5.75 Å². The van der Waals surface area contributed by atoms with Gasteiger partial charge in [-0.05, 0) is 78.6 Å². The van der Waals surface area contributed by atoms with Gasteiger partial charge in [-0.15, -0.1) is 0 Å². The first-order valence-corrected chi connectivity index (χ1v) is 10.0. The second-order valence-corrected chi connectivity index (χ2v) is 8.46. The minimum atomic E-state index is -1.27. The van der Waals surface area contributed by atoms with Crippen molar-refractivity contribution in [2.24, 2.45) is 0 Å². The predicted molar refractivity (Wildman–Crippen MR) is 123 cm³/mol. The molecule has 0 fully saturated rings. The number of aliphatic hydroxyl groups is 2. The second kappa shape index (κ2) is 8.53. The van der Waals surface area contributed by atoms with E-state index in [0.717, 1.165) is 21.5 Å². The first-order valence-electron chi connectivity index (χ1n) is 10.0. The first-order chi connectivity index (χ1) is 14.5. The highest BCUT2D eigenvalue weighted by molar-refractivity contribution is 6.08. The van der Waals surface area contributed by atoms with Crippen molar-refractivity contribution in [1.82, 2.24) is 0 Å². The van der Waals surface area contributed by atoms with Gasteiger partial charge < -0.3 is 19.7 Å². The molecule has 5 nitrogen and oxygen atoms in total. The summed E-state index contributed by atoms with van der Waals surface area (Å²) >= 11 is 0. The van der Waals surface area contributed by atoms with Crippen molar-refractivity contribution in [3.63, 3.8) is 0 Å². The number of fused-ring (bicyclic) bond motifs is 3. The maximum absolute atomic E-state index is 12.1. The summed E-state index contributed by atoms with van der Waals surface area (Å²) < 4.78 is 11.0. The van der Waals surface area contributed by atoms with E-state index in [-0.39, 0.29) is 5.57 Å². The highest BCUT2D eigenvalue weighted by Gasteiger charge is 2.32. The number of ether oxygens (including phenoxy) is 2. The number of aliphatic hydroxyl groups excluding tert-OH is 1. The Bertz CT molecular complexity index is 1170. The number of hydrogen-bond acceptors (Lipinski definition) is 5. The lowest BCUT2D eigenvalue weighted by Gasteiger charge is -2.29. The van der Waals surface area contributed by atoms with Crippen LogP contribution in [0, 0.1) is 0 Å². The lowest BCUT2D eigenvalue weighted by molar-refractivity contribution is -0.158. The van der Waals surface area contributed by atoms with Gasteiger partial charge in [-0.25, -0.2) is 4.79 Å². The van der Waals surface area contributed by atoms with Gasteiger partial charge in [-0.2, -0.15) is 0 Å². The Balaban J connectivity index is 2.02. The Kier molecular flexibility index (Phi) is 6.20. The number of benzene rings is 3. The summed E-state index contributed by atoms with van der Waals surface area (Å²) in [6, 6.07) is 15.2. The largest absolute Gasteiger partial charge is 0.461 e. The Morgan fingerprint density at radius 2 is 1.55 bits per heavy atom. The van der Waals surface area contributed by atoms with Gasteiger partial charge in [0.2, 0.25) is 6.29 Å². The topological polar surface area (TPSA) is 76.0 Å². The van der Waals surface area contributed by atoms with Gasteiger partial charge in [0.1, 0.15) is 11.4 Å². The number of hydrogen-bond donors (Lipinski definition) is 2. The normalized spacial score (nSPS) is 13.6. The Morgan fingerprint density at radius 1 is 0.968 bits per heavy atom. The quantitative estimate of drug-likeness (QED) is 0.181. The predicted octanol–water partition coefficient (Wildman–Crippen LogP) is 5.20. The van der Waals surface area contributed by atoms with Gasteiger partial charge in [-0.1, -0.05) is 43.5 Å². The molecule has 0 aromatic heterocycles. The molecule has 0 bridgehead atoms. The lowest BCUT2D eigenvalue weighted by atomic mass is 9.91. The summed E-state index contributed by atoms with van der Waals surface area (Å²) in [5, 5.41) is 24.4. The summed E-state index contributed by atoms with van der Waals surface area (Å²) in [4.78, 5) is 12.1. The molecule has 0 heterocycles. The Morgan fingerprint density at radius 3 is 2.10 bits per heavy atom. The Labute approximate surface area is 182 Å². The average Bonchev–Trinajstić information content (AvgIpc) is 2.70. The second-order valence-electron chi connectivity index (χ2n) is 8.46. The molecule has 0 saturated carbocycles. The smallest absolute Gasteiger partial charge is 0.333 e. The number of carbonyl (C=O) groups excluding carboxylic acids is 1. The molecule has 2 unspecified atom stereocenters. The molecule has 31 heavy (non-hydrogen) atoms. The summed E-state index contributed by atoms with van der Waals surface area (Å²) in [7, 11) is 0. The summed E-state index contributed by atoms with van der Waals surface area (Å²) in [5.41, 5.74) is 0.223. The summed E-state index contributed by atoms with van der Waals surface area (Å²) in [6.07, 6.45) is -1.89. The van der Waals surface area contributed by atoms with Crippen LogP contribution in [0.5, 0.6) is 5.75 Å². The average molecular weight is 421 g/mol. The van der Waals surface area contributed by atoms with E-state index in [1.165, 1.54) is 0 Å². The maximum Gasteiger partial charge on any atom is 0.333 e. The molecular formula is C26H28O5. The first kappa shape index (κ1) is 22.5. The van der Waals surface area contributed by atoms with Crippen LogP contribution in [0.2, 0.25) is 0 Å². The number of carbonyl (C=O) groups is 1. The van der Waals surface area contributed by atoms with Crippen LogP contribution in [0.4, 0.5) is 0 Å². The third kappa shape index (κ3) is 4.95. The van der Waals surface area contributed by atoms with Crippen molar-refractivity contribution in [3.05, 3.63) is 78.4 Å². The molecular weight excluding hydrogens is 392 g/mol. The van der Waals surface area contributed by atoms with Crippen LogP contribution >= 0.6 is 0 Å². The highest BCUT2D eigenvalue weighted by atomic mass is 16.6. The van der Waals surface area contributed by atoms with E-state index in [1.54, 1.807) is 33.8 Å². The molecule has 0 saturated heterocycles. The molecule has 162 valence electrons. The summed E-state index contributed by atoms with van der Waals surface area (Å²) in [6.45, 7) is 13.8. The monoisotopic (exact) mass is 420 g/mol. The molecule has 0 aliphatic carbocycles. The molecule has 2 atom stereocenters. The minimum Gasteiger partial charge on any atom is -0.461 e. The molecule has 3 rings (SSSR count). The van der Waals surface area contributed by atoms with Gasteiger partial charge in [0.05, 0.1) is 0 Å². The molecule has 0 aliphatic heterocycles. The van der Waals surface area contributed by atoms with E-state index in [0.29, 0.717) is 16.9 Å². The van der Waals surface area contributed by atoms with Crippen molar-refractivity contribution in [1.29, 1.82) is 0 Å². The number of rotatable bonds is 7. The standard InChI is InChI=1S/C26H28O5/c1-15(2)24(27)30-20-10-12-22-18(14-20)8-7-17-13-19(9-11-21(17)22)23(26(5,6)29)31-25(28)16(3)4/h7-14,23-24,27,29H,1,3H2,2,4-6H3. The van der Waals surface area contributed by atoms with E-state index in [2.05, 4.69) is 13.2 Å². The van der Waals surface area contributed by atoms with Crippen LogP contribution in [0.3, 0.4) is 0 Å². The fraction of sp³-hybridized carbons (Fsp3) is 0.269. The van der Waals surface area contributed by atoms with E-state index in [9.17, 15) is 15.0 Å². The third-order valence-corrected chi connectivity index (χ3v) is 5.02.